The maximum absolute atomic E-state index is 13.5. The van der Waals surface area contributed by atoms with Crippen molar-refractivity contribution in [3.05, 3.63) is 48.3 Å². The number of benzene rings is 2. The van der Waals surface area contributed by atoms with Crippen molar-refractivity contribution in [2.24, 2.45) is 0 Å². The van der Waals surface area contributed by atoms with E-state index in [0.29, 0.717) is 41.8 Å². The van der Waals surface area contributed by atoms with Gasteiger partial charge in [0.05, 0.1) is 15.9 Å². The Bertz CT molecular complexity index is 1450. The second-order valence-electron chi connectivity index (χ2n) is 7.69. The highest BCUT2D eigenvalue weighted by Crippen LogP contribution is 2.41. The summed E-state index contributed by atoms with van der Waals surface area (Å²) in [6, 6.07) is 12.2. The van der Waals surface area contributed by atoms with Gasteiger partial charge in [-0.15, -0.1) is 10.2 Å². The van der Waals surface area contributed by atoms with Crippen molar-refractivity contribution in [2.75, 3.05) is 24.6 Å². The maximum Gasteiger partial charge on any atom is 0.265 e. The quantitative estimate of drug-likeness (QED) is 0.484. The summed E-state index contributed by atoms with van der Waals surface area (Å²) < 4.78 is 41.1. The van der Waals surface area contributed by atoms with Crippen LogP contribution in [0.1, 0.15) is 24.6 Å². The Balaban J connectivity index is 1.52. The van der Waals surface area contributed by atoms with Crippen molar-refractivity contribution in [3.63, 3.8) is 0 Å². The number of para-hydroxylation sites is 2. The minimum absolute atomic E-state index is 0.0919. The molecule has 9 nitrogen and oxygen atoms in total. The predicted molar refractivity (Wildman–Crippen MR) is 113 cm³/mol. The molecule has 1 saturated carbocycles. The van der Waals surface area contributed by atoms with Crippen molar-refractivity contribution in [2.45, 2.75) is 23.7 Å². The number of rotatable bonds is 4. The minimum Gasteiger partial charge on any atom is -0.486 e. The summed E-state index contributed by atoms with van der Waals surface area (Å²) in [5, 5.41) is 8.71. The molecule has 1 fully saturated rings. The van der Waals surface area contributed by atoms with E-state index in [1.807, 2.05) is 28.7 Å². The fraction of sp³-hybridized carbons (Fsp3) is 0.286. The fourth-order valence-electron chi connectivity index (χ4n) is 3.86. The standard InChI is InChI=1S/C21H19N5O4S/c1-25(31(27,28)14-8-9-17-18(12-14)30-11-10-29-17)20-21-24-23-19(13-6-7-13)26(21)16-5-3-2-4-15(16)22-20/h2-5,8-9,12-13H,6-7,10-11H2,1H3. The molecule has 2 aromatic carbocycles. The number of ether oxygens (including phenoxy) is 2. The van der Waals surface area contributed by atoms with Crippen molar-refractivity contribution in [1.29, 1.82) is 0 Å². The van der Waals surface area contributed by atoms with Gasteiger partial charge in [-0.2, -0.15) is 0 Å². The second-order valence-corrected chi connectivity index (χ2v) is 9.66. The summed E-state index contributed by atoms with van der Waals surface area (Å²) >= 11 is 0. The average molecular weight is 437 g/mol. The molecule has 0 N–H and O–H groups in total. The van der Waals surface area contributed by atoms with Gasteiger partial charge >= 0.3 is 0 Å². The molecule has 2 aromatic heterocycles. The van der Waals surface area contributed by atoms with Gasteiger partial charge in [0, 0.05) is 19.0 Å². The largest absolute Gasteiger partial charge is 0.486 e. The molecule has 158 valence electrons. The van der Waals surface area contributed by atoms with Gasteiger partial charge < -0.3 is 9.47 Å². The minimum atomic E-state index is -3.93. The average Bonchev–Trinajstić information content (AvgIpc) is 3.55. The lowest BCUT2D eigenvalue weighted by Crippen LogP contribution is -2.28. The zero-order valence-electron chi connectivity index (χ0n) is 16.7. The highest BCUT2D eigenvalue weighted by molar-refractivity contribution is 7.92. The van der Waals surface area contributed by atoms with E-state index < -0.39 is 10.0 Å². The summed E-state index contributed by atoms with van der Waals surface area (Å²) in [5.41, 5.74) is 1.96. The molecule has 10 heteroatoms. The van der Waals surface area contributed by atoms with Crippen molar-refractivity contribution < 1.29 is 17.9 Å². The molecule has 6 rings (SSSR count). The summed E-state index contributed by atoms with van der Waals surface area (Å²) in [4.78, 5) is 4.74. The molecule has 0 radical (unpaired) electrons. The fourth-order valence-corrected chi connectivity index (χ4v) is 5.03. The highest BCUT2D eigenvalue weighted by Gasteiger charge is 2.32. The third-order valence-corrected chi connectivity index (χ3v) is 7.39. The molecule has 31 heavy (non-hydrogen) atoms. The Morgan fingerprint density at radius 3 is 2.61 bits per heavy atom. The van der Waals surface area contributed by atoms with E-state index >= 15 is 0 Å². The first-order valence-electron chi connectivity index (χ1n) is 10.1. The zero-order valence-corrected chi connectivity index (χ0v) is 17.5. The normalized spacial score (nSPS) is 16.0. The van der Waals surface area contributed by atoms with Crippen LogP contribution in [0, 0.1) is 0 Å². The van der Waals surface area contributed by atoms with E-state index in [2.05, 4.69) is 15.2 Å². The second kappa shape index (κ2) is 6.55. The molecule has 0 unspecified atom stereocenters. The van der Waals surface area contributed by atoms with Gasteiger partial charge in [-0.1, -0.05) is 12.1 Å². The molecule has 2 aliphatic rings. The Hall–Kier alpha value is -3.40. The monoisotopic (exact) mass is 437 g/mol. The van der Waals surface area contributed by atoms with E-state index in [4.69, 9.17) is 9.47 Å². The van der Waals surface area contributed by atoms with Crippen LogP contribution >= 0.6 is 0 Å². The molecule has 3 heterocycles. The third-order valence-electron chi connectivity index (χ3n) is 5.65. The van der Waals surface area contributed by atoms with E-state index in [0.717, 1.165) is 28.5 Å². The number of aromatic nitrogens is 4. The molecule has 1 aliphatic carbocycles. The molecular formula is C21H19N5O4S. The smallest absolute Gasteiger partial charge is 0.265 e. The van der Waals surface area contributed by atoms with Crippen LogP contribution in [-0.4, -0.2) is 48.3 Å². The van der Waals surface area contributed by atoms with E-state index in [1.54, 1.807) is 6.07 Å². The van der Waals surface area contributed by atoms with Crippen molar-refractivity contribution in [1.82, 2.24) is 19.6 Å². The molecule has 0 spiro atoms. The van der Waals surface area contributed by atoms with E-state index in [-0.39, 0.29) is 10.7 Å². The number of fused-ring (bicyclic) bond motifs is 4. The SMILES string of the molecule is CN(c1nc2ccccc2n2c(C3CC3)nnc12)S(=O)(=O)c1ccc2c(c1)OCCO2. The summed E-state index contributed by atoms with van der Waals surface area (Å²) in [6.45, 7) is 0.817. The lowest BCUT2D eigenvalue weighted by molar-refractivity contribution is 0.171. The number of anilines is 1. The van der Waals surface area contributed by atoms with Crippen molar-refractivity contribution in [3.8, 4) is 11.5 Å². The van der Waals surface area contributed by atoms with Gasteiger partial charge in [0.1, 0.15) is 19.0 Å². The van der Waals surface area contributed by atoms with Gasteiger partial charge in [0.25, 0.3) is 10.0 Å². The van der Waals surface area contributed by atoms with Crippen LogP contribution in [0.5, 0.6) is 11.5 Å². The Morgan fingerprint density at radius 2 is 1.81 bits per heavy atom. The number of sulfonamides is 1. The number of hydrogen-bond donors (Lipinski definition) is 0. The number of nitrogens with zero attached hydrogens (tertiary/aromatic N) is 5. The first-order valence-corrected chi connectivity index (χ1v) is 11.5. The highest BCUT2D eigenvalue weighted by atomic mass is 32.2. The lowest BCUT2D eigenvalue weighted by atomic mass is 10.3. The van der Waals surface area contributed by atoms with Crippen LogP contribution in [0.4, 0.5) is 5.82 Å². The Labute approximate surface area is 178 Å². The van der Waals surface area contributed by atoms with Gasteiger partial charge in [-0.05, 0) is 37.1 Å². The maximum atomic E-state index is 13.5. The third kappa shape index (κ3) is 2.82. The Kier molecular flexibility index (Phi) is 3.88. The van der Waals surface area contributed by atoms with Gasteiger partial charge in [0.2, 0.25) is 5.65 Å². The van der Waals surface area contributed by atoms with Crippen LogP contribution in [0.2, 0.25) is 0 Å². The lowest BCUT2D eigenvalue weighted by Gasteiger charge is -2.22. The predicted octanol–water partition coefficient (Wildman–Crippen LogP) is 2.75. The van der Waals surface area contributed by atoms with Crippen LogP contribution in [0.15, 0.2) is 47.4 Å². The summed E-state index contributed by atoms with van der Waals surface area (Å²) in [6.07, 6.45) is 2.11. The van der Waals surface area contributed by atoms with E-state index in [1.165, 1.54) is 19.2 Å². The molecular weight excluding hydrogens is 418 g/mol. The van der Waals surface area contributed by atoms with Crippen LogP contribution in [-0.2, 0) is 10.0 Å². The van der Waals surface area contributed by atoms with Crippen molar-refractivity contribution >= 4 is 32.5 Å². The van der Waals surface area contributed by atoms with Gasteiger partial charge in [-0.25, -0.2) is 17.7 Å². The Morgan fingerprint density at radius 1 is 1.03 bits per heavy atom. The first-order chi connectivity index (χ1) is 15.0. The topological polar surface area (TPSA) is 98.9 Å². The summed E-state index contributed by atoms with van der Waals surface area (Å²) in [5.74, 6) is 2.36. The van der Waals surface area contributed by atoms with E-state index in [9.17, 15) is 8.42 Å². The van der Waals surface area contributed by atoms with Crippen LogP contribution in [0.25, 0.3) is 16.7 Å². The van der Waals surface area contributed by atoms with Gasteiger partial charge in [0.15, 0.2) is 17.3 Å². The molecule has 0 amide bonds. The summed E-state index contributed by atoms with van der Waals surface area (Å²) in [7, 11) is -2.45. The molecule has 4 aromatic rings. The molecule has 0 saturated heterocycles. The van der Waals surface area contributed by atoms with Crippen LogP contribution < -0.4 is 13.8 Å². The molecule has 0 atom stereocenters. The number of hydrogen-bond acceptors (Lipinski definition) is 7. The van der Waals surface area contributed by atoms with Crippen LogP contribution in [0.3, 0.4) is 0 Å². The molecule has 0 bridgehead atoms. The first kappa shape index (κ1) is 18.4. The molecule has 1 aliphatic heterocycles. The van der Waals surface area contributed by atoms with Gasteiger partial charge in [-0.3, -0.25) is 4.40 Å². The zero-order chi connectivity index (χ0) is 21.2.